The molecule has 4 heterocycles. The van der Waals surface area contributed by atoms with Crippen molar-refractivity contribution < 1.29 is 60.4 Å². The minimum absolute atomic E-state index is 0.00323. The van der Waals surface area contributed by atoms with E-state index in [-0.39, 0.29) is 80.0 Å². The van der Waals surface area contributed by atoms with Gasteiger partial charge in [-0.1, -0.05) is 13.3 Å². The molecule has 4 aromatic rings. The van der Waals surface area contributed by atoms with Crippen LogP contribution in [-0.4, -0.2) is 167 Å². The molecule has 1 saturated heterocycles. The van der Waals surface area contributed by atoms with Crippen molar-refractivity contribution in [3.8, 4) is 22.6 Å². The lowest BCUT2D eigenvalue weighted by Gasteiger charge is -2.26. The number of aromatic nitrogens is 3. The highest BCUT2D eigenvalue weighted by Gasteiger charge is 2.26. The number of aryl methyl sites for hydroxylation is 3. The molecule has 0 aliphatic carbocycles. The van der Waals surface area contributed by atoms with Gasteiger partial charge in [-0.3, -0.25) is 42.5 Å². The number of ether oxygens (including phenoxy) is 2. The molecular weight excluding hydrogens is 1070 g/mol. The summed E-state index contributed by atoms with van der Waals surface area (Å²) in [6.45, 7) is 12.8. The van der Waals surface area contributed by atoms with E-state index < -0.39 is 38.0 Å². The first-order valence-electron chi connectivity index (χ1n) is 25.8. The second-order valence-electron chi connectivity index (χ2n) is 19.8. The maximum absolute atomic E-state index is 13.4. The lowest BCUT2D eigenvalue weighted by Crippen LogP contribution is -2.36. The summed E-state index contributed by atoms with van der Waals surface area (Å²) in [5.41, 5.74) is 10.7. The van der Waals surface area contributed by atoms with E-state index in [1.165, 1.54) is 26.1 Å². The quantitative estimate of drug-likeness (QED) is 0.0244. The normalized spacial score (nSPS) is 16.5. The first-order chi connectivity index (χ1) is 36.2. The largest absolute Gasteiger partial charge is 0.496 e. The van der Waals surface area contributed by atoms with Gasteiger partial charge >= 0.3 is 0 Å². The van der Waals surface area contributed by atoms with Crippen LogP contribution in [0.5, 0.6) is 11.5 Å². The number of nitrogens with zero attached hydrogens (tertiary/aromatic N) is 6. The zero-order valence-electron chi connectivity index (χ0n) is 45.1. The summed E-state index contributed by atoms with van der Waals surface area (Å²) in [7, 11) is -14.2. The number of hydrogen-bond acceptors (Lipinski definition) is 16. The highest BCUT2D eigenvalue weighted by molar-refractivity contribution is 7.85. The molecule has 0 radical (unpaired) electrons. The van der Waals surface area contributed by atoms with Crippen LogP contribution in [0.2, 0.25) is 0 Å². The van der Waals surface area contributed by atoms with Crippen LogP contribution >= 0.6 is 22.1 Å². The summed E-state index contributed by atoms with van der Waals surface area (Å²) in [6.07, 6.45) is 3.19. The van der Waals surface area contributed by atoms with Crippen LogP contribution in [0, 0.1) is 6.92 Å². The van der Waals surface area contributed by atoms with E-state index >= 15 is 0 Å². The fourth-order valence-electron chi connectivity index (χ4n) is 8.69. The van der Waals surface area contributed by atoms with E-state index in [1.54, 1.807) is 31.4 Å². The Labute approximate surface area is 453 Å². The van der Waals surface area contributed by atoms with Crippen LogP contribution in [0.4, 0.5) is 0 Å². The maximum atomic E-state index is 13.4. The molecule has 0 saturated carbocycles. The number of nitrogens with one attached hydrogen (secondary N) is 2. The molecule has 1 aliphatic heterocycles. The van der Waals surface area contributed by atoms with Crippen molar-refractivity contribution >= 4 is 60.3 Å². The summed E-state index contributed by atoms with van der Waals surface area (Å²) in [5.74, 6) is 0.121. The molecule has 1 fully saturated rings. The van der Waals surface area contributed by atoms with Gasteiger partial charge in [0.15, 0.2) is 0 Å². The Bertz CT molecular complexity index is 2920. The fourth-order valence-corrected chi connectivity index (χ4v) is 11.3. The Morgan fingerprint density at radius 2 is 1.12 bits per heavy atom. The predicted octanol–water partition coefficient (Wildman–Crippen LogP) is 3.16. The number of rotatable bonds is 28. The topological polar surface area (TPSA) is 317 Å². The number of hydrogen-bond donors (Lipinski definition) is 7. The molecule has 426 valence electrons. The van der Waals surface area contributed by atoms with Gasteiger partial charge < -0.3 is 40.5 Å². The van der Waals surface area contributed by atoms with Gasteiger partial charge in [-0.25, -0.2) is 15.0 Å². The molecule has 3 atom stereocenters. The SMILES string of the molecule is CCCCNC(=O)CCc1cc(CN2CCN(Cc3cc(CCC(=O)NCCCS(=O)(=O)O)cc(P(C)(=O)O)n3)CCN(Cc3cc(-c4c(C)cc(OCCCN)cc4OC)cc(P(C)(=O)O)n3)CC2)nc(P(C)(=O)O)c1. The lowest BCUT2D eigenvalue weighted by molar-refractivity contribution is -0.121. The molecule has 26 heteroatoms. The molecule has 0 bridgehead atoms. The third kappa shape index (κ3) is 21.6. The van der Waals surface area contributed by atoms with Gasteiger partial charge in [-0.2, -0.15) is 8.42 Å². The second-order valence-corrected chi connectivity index (χ2v) is 28.0. The number of unbranched alkanes of at least 4 members (excludes halogenated alkanes) is 1. The van der Waals surface area contributed by atoms with E-state index in [0.29, 0.717) is 123 Å². The van der Waals surface area contributed by atoms with Gasteiger partial charge in [0.25, 0.3) is 10.1 Å². The van der Waals surface area contributed by atoms with Crippen LogP contribution in [0.3, 0.4) is 0 Å². The fraction of sp³-hybridized carbons (Fsp3) is 0.549. The van der Waals surface area contributed by atoms with Crippen molar-refractivity contribution in [2.24, 2.45) is 5.73 Å². The van der Waals surface area contributed by atoms with Crippen LogP contribution < -0.4 is 42.1 Å². The number of benzene rings is 1. The lowest BCUT2D eigenvalue weighted by atomic mass is 9.99. The first kappa shape index (κ1) is 63.4. The van der Waals surface area contributed by atoms with Crippen molar-refractivity contribution in [2.75, 3.05) is 98.4 Å². The zero-order valence-corrected chi connectivity index (χ0v) is 48.6. The number of pyridine rings is 3. The third-order valence-electron chi connectivity index (χ3n) is 12.8. The van der Waals surface area contributed by atoms with Gasteiger partial charge in [0.05, 0.1) is 36.6 Å². The van der Waals surface area contributed by atoms with E-state index in [4.69, 9.17) is 24.7 Å². The number of carbonyl (C=O) groups excluding carboxylic acids is 2. The minimum atomic E-state index is -4.18. The average molecular weight is 1150 g/mol. The zero-order chi connectivity index (χ0) is 56.6. The van der Waals surface area contributed by atoms with Crippen molar-refractivity contribution in [1.82, 2.24) is 40.3 Å². The van der Waals surface area contributed by atoms with E-state index in [1.807, 2.05) is 32.0 Å². The molecule has 5 rings (SSSR count). The van der Waals surface area contributed by atoms with Crippen LogP contribution in [0.25, 0.3) is 11.1 Å². The molecule has 2 amide bonds. The molecule has 77 heavy (non-hydrogen) atoms. The molecule has 8 N–H and O–H groups in total. The molecular formula is C51H78N9O13P3S. The average Bonchev–Trinajstić information content (AvgIpc) is 3.43. The molecule has 1 aromatic carbocycles. The number of carbonyl (C=O) groups is 2. The van der Waals surface area contributed by atoms with Crippen molar-refractivity contribution in [3.05, 3.63) is 82.3 Å². The number of amides is 2. The molecule has 22 nitrogen and oxygen atoms in total. The third-order valence-corrected chi connectivity index (χ3v) is 16.8. The molecule has 0 spiro atoms. The van der Waals surface area contributed by atoms with Gasteiger partial charge in [-0.05, 0) is 110 Å². The van der Waals surface area contributed by atoms with Gasteiger partial charge in [0, 0.05) is 116 Å². The van der Waals surface area contributed by atoms with Crippen LogP contribution in [0.15, 0.2) is 48.5 Å². The number of methoxy groups -OCH3 is 1. The highest BCUT2D eigenvalue weighted by atomic mass is 32.2. The van der Waals surface area contributed by atoms with Crippen LogP contribution in [-0.2, 0) is 65.9 Å². The summed E-state index contributed by atoms with van der Waals surface area (Å²) in [4.78, 5) is 78.5. The smallest absolute Gasteiger partial charge is 0.264 e. The predicted molar refractivity (Wildman–Crippen MR) is 299 cm³/mol. The molecule has 1 aliphatic rings. The van der Waals surface area contributed by atoms with Crippen molar-refractivity contribution in [1.29, 1.82) is 0 Å². The van der Waals surface area contributed by atoms with Crippen LogP contribution in [0.1, 0.15) is 79.2 Å². The second kappa shape index (κ2) is 29.1. The minimum Gasteiger partial charge on any atom is -0.496 e. The Hall–Kier alpha value is -4.47. The first-order valence-corrected chi connectivity index (χ1v) is 33.8. The van der Waals surface area contributed by atoms with E-state index in [2.05, 4.69) is 35.3 Å². The monoisotopic (exact) mass is 1150 g/mol. The standard InChI is InChI=1S/C51H78N9O13P3S/c1-7-8-16-53-46(61)13-11-38-27-41(55-48(29-38)74(4,63)64)34-58-18-19-59(35-42-28-39(30-49(56-42)75(5,65)66)12-14-47(62)54-17-10-25-77(69,70)71)21-23-60(22-20-58)36-43-31-40(32-50(57-43)76(6,67)68)51-37(2)26-44(33-45(51)72-3)73-24-9-15-52/h26-33H,7-25,34-36,52H2,1-6H3,(H,53,61)(H,54,62)(H,63,64)(H,65,66)(H,67,68)(H,69,70,71). The Balaban J connectivity index is 1.49. The van der Waals surface area contributed by atoms with Gasteiger partial charge in [0.2, 0.25) is 33.9 Å². The van der Waals surface area contributed by atoms with Crippen molar-refractivity contribution in [2.45, 2.75) is 84.8 Å². The summed E-state index contributed by atoms with van der Waals surface area (Å²) < 4.78 is 82.8. The Morgan fingerprint density at radius 3 is 1.53 bits per heavy atom. The highest BCUT2D eigenvalue weighted by Crippen LogP contribution is 2.40. The Kier molecular flexibility index (Phi) is 24.0. The van der Waals surface area contributed by atoms with E-state index in [0.717, 1.165) is 18.4 Å². The molecule has 3 unspecified atom stereocenters. The van der Waals surface area contributed by atoms with Crippen molar-refractivity contribution in [3.63, 3.8) is 0 Å². The maximum Gasteiger partial charge on any atom is 0.264 e. The van der Waals surface area contributed by atoms with E-state index in [9.17, 15) is 46.4 Å². The summed E-state index contributed by atoms with van der Waals surface area (Å²) >= 11 is 0. The number of nitrogens with two attached hydrogens (primary N) is 1. The molecule has 3 aromatic heterocycles. The summed E-state index contributed by atoms with van der Waals surface area (Å²) in [5, 5.41) is 5.57. The van der Waals surface area contributed by atoms with Gasteiger partial charge in [-0.15, -0.1) is 0 Å². The Morgan fingerprint density at radius 1 is 0.675 bits per heavy atom. The van der Waals surface area contributed by atoms with Gasteiger partial charge in [0.1, 0.15) is 27.8 Å². The summed E-state index contributed by atoms with van der Waals surface area (Å²) in [6, 6.07) is 13.9.